The maximum Gasteiger partial charge on any atom is 0.0494 e. The standard InChI is InChI=1S/C14H13N3/c15-10-5-4-9-6-8-2-1-3-11(8)14(17)13(9)12(16)7-10/h1-7H,15-17H2. The van der Waals surface area contributed by atoms with E-state index in [0.717, 1.165) is 27.2 Å². The SMILES string of the molecule is Nc1ccc2cc3cccc3c(N)c2c(N)c1. The second-order valence-corrected chi connectivity index (χ2v) is 4.22. The van der Waals surface area contributed by atoms with Crippen molar-refractivity contribution in [3.8, 4) is 0 Å². The summed E-state index contributed by atoms with van der Waals surface area (Å²) in [5.41, 5.74) is 20.0. The van der Waals surface area contributed by atoms with E-state index in [1.165, 1.54) is 0 Å². The molecule has 17 heavy (non-hydrogen) atoms. The predicted molar refractivity (Wildman–Crippen MR) is 74.7 cm³/mol. The Hall–Kier alpha value is -2.42. The fourth-order valence-electron chi connectivity index (χ4n) is 2.27. The molecule has 3 aromatic rings. The van der Waals surface area contributed by atoms with Crippen LogP contribution < -0.4 is 17.2 Å². The number of rotatable bonds is 0. The number of anilines is 3. The van der Waals surface area contributed by atoms with Gasteiger partial charge in [0.1, 0.15) is 0 Å². The minimum absolute atomic E-state index is 0.614. The highest BCUT2D eigenvalue weighted by Gasteiger charge is 2.07. The summed E-state index contributed by atoms with van der Waals surface area (Å²) < 4.78 is 0. The third-order valence-corrected chi connectivity index (χ3v) is 3.08. The smallest absolute Gasteiger partial charge is 0.0494 e. The molecule has 3 nitrogen and oxygen atoms in total. The fourth-order valence-corrected chi connectivity index (χ4v) is 2.27. The molecule has 3 heteroatoms. The van der Waals surface area contributed by atoms with Crippen LogP contribution in [0.3, 0.4) is 0 Å². The van der Waals surface area contributed by atoms with E-state index >= 15 is 0 Å². The van der Waals surface area contributed by atoms with Crippen LogP contribution in [-0.4, -0.2) is 0 Å². The lowest BCUT2D eigenvalue weighted by atomic mass is 10.1. The monoisotopic (exact) mass is 223 g/mol. The topological polar surface area (TPSA) is 78.1 Å². The molecule has 84 valence electrons. The van der Waals surface area contributed by atoms with Crippen LogP contribution in [0.5, 0.6) is 0 Å². The molecule has 0 atom stereocenters. The van der Waals surface area contributed by atoms with Gasteiger partial charge in [0.2, 0.25) is 0 Å². The van der Waals surface area contributed by atoms with Gasteiger partial charge in [0.05, 0.1) is 0 Å². The molecule has 0 radical (unpaired) electrons. The van der Waals surface area contributed by atoms with Crippen molar-refractivity contribution in [2.24, 2.45) is 0 Å². The largest absolute Gasteiger partial charge is 0.399 e. The fraction of sp³-hybridized carbons (Fsp3) is 0. The first-order valence-corrected chi connectivity index (χ1v) is 5.43. The van der Waals surface area contributed by atoms with Gasteiger partial charge in [0.25, 0.3) is 0 Å². The van der Waals surface area contributed by atoms with Crippen LogP contribution >= 0.6 is 0 Å². The Bertz CT molecular complexity index is 732. The first-order chi connectivity index (χ1) is 8.16. The molecule has 0 unspecified atom stereocenters. The van der Waals surface area contributed by atoms with Crippen LogP contribution in [0.4, 0.5) is 17.1 Å². The van der Waals surface area contributed by atoms with E-state index < -0.39 is 0 Å². The molecule has 0 aliphatic carbocycles. The second-order valence-electron chi connectivity index (χ2n) is 4.22. The van der Waals surface area contributed by atoms with Gasteiger partial charge in [0.15, 0.2) is 0 Å². The van der Waals surface area contributed by atoms with Crippen molar-refractivity contribution < 1.29 is 0 Å². The Morgan fingerprint density at radius 3 is 2.41 bits per heavy atom. The highest BCUT2D eigenvalue weighted by Crippen LogP contribution is 2.34. The first kappa shape index (κ1) is 9.78. The molecule has 0 amide bonds. The number of hydrogen-bond donors (Lipinski definition) is 3. The molecular formula is C14H13N3. The van der Waals surface area contributed by atoms with Crippen molar-refractivity contribution in [2.75, 3.05) is 17.2 Å². The molecule has 0 aliphatic heterocycles. The molecule has 0 bridgehead atoms. The van der Waals surface area contributed by atoms with Gasteiger partial charge in [-0.1, -0.05) is 24.3 Å². The zero-order valence-electron chi connectivity index (χ0n) is 9.27. The second kappa shape index (κ2) is 3.28. The maximum atomic E-state index is 6.18. The number of nitrogens with two attached hydrogens (primary N) is 3. The Morgan fingerprint density at radius 1 is 0.765 bits per heavy atom. The zero-order chi connectivity index (χ0) is 12.0. The highest BCUT2D eigenvalue weighted by molar-refractivity contribution is 6.14. The van der Waals surface area contributed by atoms with Crippen LogP contribution in [-0.2, 0) is 0 Å². The minimum Gasteiger partial charge on any atom is -0.399 e. The number of fused-ring (bicyclic) bond motifs is 2. The van der Waals surface area contributed by atoms with Crippen LogP contribution in [0.2, 0.25) is 0 Å². The quantitative estimate of drug-likeness (QED) is 0.513. The summed E-state index contributed by atoms with van der Waals surface area (Å²) in [6.45, 7) is 0. The summed E-state index contributed by atoms with van der Waals surface area (Å²) in [4.78, 5) is 0. The van der Waals surface area contributed by atoms with Gasteiger partial charge < -0.3 is 17.2 Å². The van der Waals surface area contributed by atoms with E-state index in [9.17, 15) is 0 Å². The van der Waals surface area contributed by atoms with Crippen molar-refractivity contribution in [2.45, 2.75) is 0 Å². The third kappa shape index (κ3) is 1.36. The minimum atomic E-state index is 0.614. The molecule has 0 aliphatic rings. The molecule has 3 rings (SSSR count). The molecule has 0 saturated carbocycles. The van der Waals surface area contributed by atoms with Gasteiger partial charge >= 0.3 is 0 Å². The van der Waals surface area contributed by atoms with E-state index in [1.54, 1.807) is 6.07 Å². The van der Waals surface area contributed by atoms with E-state index in [0.29, 0.717) is 11.4 Å². The molecular weight excluding hydrogens is 210 g/mol. The van der Waals surface area contributed by atoms with E-state index in [-0.39, 0.29) is 0 Å². The molecule has 0 saturated heterocycles. The van der Waals surface area contributed by atoms with Crippen molar-refractivity contribution >= 4 is 38.6 Å². The number of benzene rings is 1. The predicted octanol–water partition coefficient (Wildman–Crippen LogP) is 2.74. The van der Waals surface area contributed by atoms with Crippen LogP contribution in [0.1, 0.15) is 0 Å². The summed E-state index contributed by atoms with van der Waals surface area (Å²) in [6, 6.07) is 13.6. The summed E-state index contributed by atoms with van der Waals surface area (Å²) in [6.07, 6.45) is 0. The number of hydrogen-bond acceptors (Lipinski definition) is 3. The van der Waals surface area contributed by atoms with Gasteiger partial charge in [-0.15, -0.1) is 0 Å². The molecule has 6 N–H and O–H groups in total. The van der Waals surface area contributed by atoms with Crippen molar-refractivity contribution in [1.29, 1.82) is 0 Å². The molecule has 0 spiro atoms. The summed E-state index contributed by atoms with van der Waals surface area (Å²) in [5.74, 6) is 0. The summed E-state index contributed by atoms with van der Waals surface area (Å²) in [5, 5.41) is 4.05. The van der Waals surface area contributed by atoms with E-state index in [4.69, 9.17) is 17.2 Å². The Kier molecular flexibility index (Phi) is 1.89. The third-order valence-electron chi connectivity index (χ3n) is 3.08. The van der Waals surface area contributed by atoms with Crippen molar-refractivity contribution in [3.05, 3.63) is 42.5 Å². The van der Waals surface area contributed by atoms with Gasteiger partial charge in [-0.25, -0.2) is 0 Å². The van der Waals surface area contributed by atoms with Gasteiger partial charge in [-0.05, 0) is 29.0 Å². The van der Waals surface area contributed by atoms with Crippen LogP contribution in [0.15, 0.2) is 42.5 Å². The van der Waals surface area contributed by atoms with Crippen molar-refractivity contribution in [1.82, 2.24) is 0 Å². The molecule has 0 heterocycles. The van der Waals surface area contributed by atoms with Gasteiger partial charge in [-0.3, -0.25) is 0 Å². The Morgan fingerprint density at radius 2 is 1.59 bits per heavy atom. The van der Waals surface area contributed by atoms with Crippen molar-refractivity contribution in [3.63, 3.8) is 0 Å². The number of nitrogen functional groups attached to an aromatic ring is 3. The van der Waals surface area contributed by atoms with E-state index in [2.05, 4.69) is 6.07 Å². The molecule has 0 fully saturated rings. The van der Waals surface area contributed by atoms with Crippen LogP contribution in [0, 0.1) is 0 Å². The van der Waals surface area contributed by atoms with E-state index in [1.807, 2.05) is 30.3 Å². The maximum absolute atomic E-state index is 6.18. The van der Waals surface area contributed by atoms with Gasteiger partial charge in [0, 0.05) is 27.8 Å². The normalized spacial score (nSPS) is 11.1. The summed E-state index contributed by atoms with van der Waals surface area (Å²) in [7, 11) is 0. The lowest BCUT2D eigenvalue weighted by Crippen LogP contribution is -1.92. The lowest BCUT2D eigenvalue weighted by molar-refractivity contribution is 1.78. The summed E-state index contributed by atoms with van der Waals surface area (Å²) >= 11 is 0. The van der Waals surface area contributed by atoms with Gasteiger partial charge in [-0.2, -0.15) is 0 Å². The highest BCUT2D eigenvalue weighted by atomic mass is 14.6. The lowest BCUT2D eigenvalue weighted by Gasteiger charge is -2.04. The molecule has 0 aromatic heterocycles. The average Bonchev–Trinajstić information content (AvgIpc) is 2.68. The zero-order valence-corrected chi connectivity index (χ0v) is 9.27. The van der Waals surface area contributed by atoms with Crippen LogP contribution in [0.25, 0.3) is 21.5 Å². The average molecular weight is 223 g/mol. The first-order valence-electron chi connectivity index (χ1n) is 5.43. The Labute approximate surface area is 98.8 Å². The molecule has 3 aromatic carbocycles. The Balaban J connectivity index is 2.62.